The van der Waals surface area contributed by atoms with E-state index in [0.29, 0.717) is 0 Å². The summed E-state index contributed by atoms with van der Waals surface area (Å²) in [6.07, 6.45) is 0. The monoisotopic (exact) mass is 721 g/mol. The van der Waals surface area contributed by atoms with Gasteiger partial charge in [-0.25, -0.2) is 0 Å². The van der Waals surface area contributed by atoms with Crippen LogP contribution >= 0.6 is 11.8 Å². The van der Waals surface area contributed by atoms with Crippen molar-refractivity contribution in [2.45, 2.75) is 34.5 Å². The van der Waals surface area contributed by atoms with E-state index in [1.165, 1.54) is 71.1 Å². The molecule has 1 aliphatic heterocycles. The molecule has 0 unspecified atom stereocenters. The lowest BCUT2D eigenvalue weighted by Crippen LogP contribution is -2.31. The maximum atomic E-state index is 7.00. The van der Waals surface area contributed by atoms with Crippen LogP contribution in [0.1, 0.15) is 47.2 Å². The largest absolute Gasteiger partial charge is 0.456 e. The summed E-state index contributed by atoms with van der Waals surface area (Å²) in [6, 6.07) is 64.9. The smallest absolute Gasteiger partial charge is 0.137 e. The molecule has 3 aliphatic rings. The second kappa shape index (κ2) is 11.1. The highest BCUT2D eigenvalue weighted by Gasteiger charge is 2.50. The Balaban J connectivity index is 1.16. The average molecular weight is 722 g/mol. The third-order valence-corrected chi connectivity index (χ3v) is 13.6. The second-order valence-corrected chi connectivity index (χ2v) is 16.7. The van der Waals surface area contributed by atoms with Gasteiger partial charge in [0.05, 0.1) is 22.2 Å². The molecule has 3 heteroatoms. The molecule has 55 heavy (non-hydrogen) atoms. The second-order valence-electron chi connectivity index (χ2n) is 15.6. The summed E-state index contributed by atoms with van der Waals surface area (Å²) in [4.78, 5) is 5.07. The minimum atomic E-state index is -0.457. The van der Waals surface area contributed by atoms with Gasteiger partial charge in [0, 0.05) is 26.3 Å². The van der Waals surface area contributed by atoms with Gasteiger partial charge in [-0.1, -0.05) is 147 Å². The number of anilines is 3. The van der Waals surface area contributed by atoms with Crippen molar-refractivity contribution in [3.05, 3.63) is 209 Å². The minimum absolute atomic E-state index is 0.189. The van der Waals surface area contributed by atoms with Gasteiger partial charge in [0.1, 0.15) is 11.2 Å². The third-order valence-electron chi connectivity index (χ3n) is 12.5. The third kappa shape index (κ3) is 4.01. The Labute approximate surface area is 324 Å². The van der Waals surface area contributed by atoms with E-state index in [1.54, 1.807) is 0 Å². The summed E-state index contributed by atoms with van der Waals surface area (Å²) in [6.45, 7) is 4.74. The quantitative estimate of drug-likeness (QED) is 0.181. The van der Waals surface area contributed by atoms with Crippen LogP contribution in [0.25, 0.3) is 44.2 Å². The van der Waals surface area contributed by atoms with E-state index in [2.05, 4.69) is 195 Å². The predicted molar refractivity (Wildman–Crippen MR) is 227 cm³/mol. The van der Waals surface area contributed by atoms with Crippen LogP contribution < -0.4 is 4.90 Å². The van der Waals surface area contributed by atoms with Crippen LogP contribution in [0.4, 0.5) is 17.1 Å². The first kappa shape index (κ1) is 31.1. The molecule has 9 aromatic rings. The molecule has 1 spiro atoms. The molecule has 0 saturated carbocycles. The fraction of sp³-hybridized carbons (Fsp3) is 0.0769. The van der Waals surface area contributed by atoms with Gasteiger partial charge >= 0.3 is 0 Å². The van der Waals surface area contributed by atoms with Crippen molar-refractivity contribution in [2.75, 3.05) is 4.90 Å². The van der Waals surface area contributed by atoms with Crippen molar-refractivity contribution in [3.8, 4) is 22.3 Å². The summed E-state index contributed by atoms with van der Waals surface area (Å²) in [7, 11) is 0. The number of para-hydroxylation sites is 1. The first-order valence-electron chi connectivity index (χ1n) is 19.1. The van der Waals surface area contributed by atoms with Crippen molar-refractivity contribution >= 4 is 50.8 Å². The fourth-order valence-corrected chi connectivity index (χ4v) is 11.5. The number of benzene rings is 8. The molecule has 12 rings (SSSR count). The van der Waals surface area contributed by atoms with Crippen LogP contribution in [-0.2, 0) is 10.8 Å². The summed E-state index contributed by atoms with van der Waals surface area (Å²) < 4.78 is 7.00. The number of fused-ring (bicyclic) bond motifs is 15. The van der Waals surface area contributed by atoms with E-state index in [0.717, 1.165) is 33.3 Å². The minimum Gasteiger partial charge on any atom is -0.456 e. The molecule has 0 radical (unpaired) electrons. The summed E-state index contributed by atoms with van der Waals surface area (Å²) in [5.41, 5.74) is 17.7. The topological polar surface area (TPSA) is 16.4 Å². The lowest BCUT2D eigenvalue weighted by atomic mass is 9.67. The molecular formula is C52H35NOS. The van der Waals surface area contributed by atoms with Crippen LogP contribution in [0.3, 0.4) is 0 Å². The van der Waals surface area contributed by atoms with E-state index >= 15 is 0 Å². The van der Waals surface area contributed by atoms with Gasteiger partial charge in [-0.3, -0.25) is 0 Å². The summed E-state index contributed by atoms with van der Waals surface area (Å²) >= 11 is 1.88. The van der Waals surface area contributed by atoms with Gasteiger partial charge in [0.25, 0.3) is 0 Å². The SMILES string of the molecule is CC1(C)c2ccccc2-c2cccc(N(c3ccccc3)c3cccc4oc5cc6c(cc5c34)-c3ccccc3C63c4ccccc4Sc4ccccc43)c21. The molecule has 0 amide bonds. The van der Waals surface area contributed by atoms with E-state index in [-0.39, 0.29) is 5.41 Å². The van der Waals surface area contributed by atoms with Crippen molar-refractivity contribution < 1.29 is 4.42 Å². The van der Waals surface area contributed by atoms with Crippen molar-refractivity contribution in [2.24, 2.45) is 0 Å². The highest BCUT2D eigenvalue weighted by Crippen LogP contribution is 2.63. The highest BCUT2D eigenvalue weighted by atomic mass is 32.2. The van der Waals surface area contributed by atoms with Crippen LogP contribution in [0.15, 0.2) is 190 Å². The van der Waals surface area contributed by atoms with Gasteiger partial charge in [0.2, 0.25) is 0 Å². The number of hydrogen-bond acceptors (Lipinski definition) is 3. The van der Waals surface area contributed by atoms with Crippen molar-refractivity contribution in [3.63, 3.8) is 0 Å². The molecule has 0 atom stereocenters. The zero-order valence-corrected chi connectivity index (χ0v) is 31.3. The Kier molecular flexibility index (Phi) is 6.29. The van der Waals surface area contributed by atoms with E-state index in [9.17, 15) is 0 Å². The van der Waals surface area contributed by atoms with Gasteiger partial charge < -0.3 is 9.32 Å². The van der Waals surface area contributed by atoms with Crippen LogP contribution in [0.5, 0.6) is 0 Å². The van der Waals surface area contributed by atoms with Gasteiger partial charge in [0.15, 0.2) is 0 Å². The molecule has 8 aromatic carbocycles. The molecule has 2 heterocycles. The first-order chi connectivity index (χ1) is 27.0. The van der Waals surface area contributed by atoms with Crippen molar-refractivity contribution in [1.29, 1.82) is 0 Å². The molecule has 0 bridgehead atoms. The maximum absolute atomic E-state index is 7.00. The van der Waals surface area contributed by atoms with Gasteiger partial charge in [-0.2, -0.15) is 0 Å². The molecule has 2 aliphatic carbocycles. The first-order valence-corrected chi connectivity index (χ1v) is 19.9. The van der Waals surface area contributed by atoms with Crippen LogP contribution in [0, 0.1) is 0 Å². The zero-order valence-electron chi connectivity index (χ0n) is 30.5. The normalized spacial score (nSPS) is 14.9. The molecule has 2 nitrogen and oxygen atoms in total. The van der Waals surface area contributed by atoms with Crippen molar-refractivity contribution in [1.82, 2.24) is 0 Å². The zero-order chi connectivity index (χ0) is 36.5. The predicted octanol–water partition coefficient (Wildman–Crippen LogP) is 14.2. The van der Waals surface area contributed by atoms with Crippen LogP contribution in [-0.4, -0.2) is 0 Å². The molecule has 0 N–H and O–H groups in total. The Morgan fingerprint density at radius 2 is 1.04 bits per heavy atom. The Morgan fingerprint density at radius 3 is 1.78 bits per heavy atom. The van der Waals surface area contributed by atoms with Crippen LogP contribution in [0.2, 0.25) is 0 Å². The van der Waals surface area contributed by atoms with E-state index in [1.807, 2.05) is 11.8 Å². The van der Waals surface area contributed by atoms with Gasteiger partial charge in [-0.15, -0.1) is 0 Å². The number of nitrogens with zero attached hydrogens (tertiary/aromatic N) is 1. The Bertz CT molecular complexity index is 3020. The maximum Gasteiger partial charge on any atom is 0.137 e. The lowest BCUT2D eigenvalue weighted by molar-refractivity contribution is 0.660. The standard InChI is InChI=1S/C52H35NOS/c1-51(2)38-21-8-6-18-33(38)35-20-14-26-44(50(35)51)53(32-16-4-3-5-17-32)43-25-15-27-45-49(43)37-30-36-34-19-7-9-22-39(34)52(42(36)31-46(37)54-45)40-23-10-12-28-47(40)55-48-29-13-11-24-41(48)52/h3-31H,1-2H3. The molecule has 1 aromatic heterocycles. The van der Waals surface area contributed by atoms with E-state index in [4.69, 9.17) is 4.42 Å². The molecule has 0 fully saturated rings. The van der Waals surface area contributed by atoms with E-state index < -0.39 is 5.41 Å². The molecule has 0 saturated heterocycles. The summed E-state index contributed by atoms with van der Waals surface area (Å²) in [5, 5.41) is 2.24. The molecular weight excluding hydrogens is 687 g/mol. The highest BCUT2D eigenvalue weighted by molar-refractivity contribution is 7.99. The number of rotatable bonds is 3. The Morgan fingerprint density at radius 1 is 0.455 bits per heavy atom. The Hall–Kier alpha value is -6.29. The number of hydrogen-bond donors (Lipinski definition) is 0. The fourth-order valence-electron chi connectivity index (χ4n) is 10.3. The molecule has 260 valence electrons. The lowest BCUT2D eigenvalue weighted by Gasteiger charge is -2.39. The summed E-state index contributed by atoms with van der Waals surface area (Å²) in [5.74, 6) is 0. The number of furan rings is 1. The average Bonchev–Trinajstić information content (AvgIpc) is 3.82. The van der Waals surface area contributed by atoms with Gasteiger partial charge in [-0.05, 0) is 110 Å².